The summed E-state index contributed by atoms with van der Waals surface area (Å²) in [5.74, 6) is 0. The number of aldehydes is 1. The van der Waals surface area contributed by atoms with Crippen molar-refractivity contribution in [2.75, 3.05) is 0 Å². The van der Waals surface area contributed by atoms with E-state index in [1.165, 1.54) is 0 Å². The normalized spacial score (nSPS) is 18.9. The summed E-state index contributed by atoms with van der Waals surface area (Å²) in [6.45, 7) is 8.21. The first-order chi connectivity index (χ1) is 10.8. The van der Waals surface area contributed by atoms with Crippen molar-refractivity contribution < 1.29 is 14.1 Å². The van der Waals surface area contributed by atoms with E-state index in [2.05, 4.69) is 39.8 Å². The number of hydrogen-bond donors (Lipinski definition) is 0. The first-order valence-electron chi connectivity index (χ1n) is 7.84. The first kappa shape index (κ1) is 16.0. The van der Waals surface area contributed by atoms with E-state index in [1.54, 1.807) is 0 Å². The number of rotatable bonds is 3. The molecule has 0 N–H and O–H groups in total. The van der Waals surface area contributed by atoms with Crippen molar-refractivity contribution in [3.63, 3.8) is 0 Å². The molecule has 0 spiro atoms. The Balaban J connectivity index is 1.81. The van der Waals surface area contributed by atoms with Crippen molar-refractivity contribution in [1.82, 2.24) is 0 Å². The molecule has 2 aromatic rings. The zero-order chi connectivity index (χ0) is 16.7. The molecule has 0 radical (unpaired) electrons. The summed E-state index contributed by atoms with van der Waals surface area (Å²) in [7, 11) is -0.341. The summed E-state index contributed by atoms with van der Waals surface area (Å²) in [6.07, 6.45) is 0.852. The van der Waals surface area contributed by atoms with Crippen LogP contribution in [0.1, 0.15) is 38.1 Å². The molecule has 0 bridgehead atoms. The molecule has 1 aliphatic rings. The van der Waals surface area contributed by atoms with Crippen LogP contribution in [0.4, 0.5) is 0 Å². The molecule has 3 nitrogen and oxygen atoms in total. The smallest absolute Gasteiger partial charge is 0.399 e. The molecule has 0 aromatic heterocycles. The van der Waals surface area contributed by atoms with E-state index in [0.717, 1.165) is 22.9 Å². The van der Waals surface area contributed by atoms with Gasteiger partial charge in [-0.15, -0.1) is 0 Å². The predicted octanol–water partition coefficient (Wildman–Crippen LogP) is 3.47. The Morgan fingerprint density at radius 3 is 1.65 bits per heavy atom. The number of carbonyl (C=O) groups is 1. The second kappa shape index (κ2) is 5.62. The second-order valence-corrected chi connectivity index (χ2v) is 6.95. The highest BCUT2D eigenvalue weighted by atomic mass is 16.7. The standard InChI is InChI=1S/C19H21BO3/c1-18(2)19(3,4)23-20(22-18)17-11-9-16(10-12-17)15-7-5-14(13-21)6-8-15/h5-13H,1-4H3. The number of benzene rings is 2. The minimum Gasteiger partial charge on any atom is -0.399 e. The minimum absolute atomic E-state index is 0.332. The fraction of sp³-hybridized carbons (Fsp3) is 0.316. The Morgan fingerprint density at radius 2 is 1.22 bits per heavy atom. The molecule has 3 rings (SSSR count). The molecule has 0 unspecified atom stereocenters. The first-order valence-corrected chi connectivity index (χ1v) is 7.84. The van der Waals surface area contributed by atoms with Crippen LogP contribution in [0.15, 0.2) is 48.5 Å². The molecule has 0 saturated carbocycles. The summed E-state index contributed by atoms with van der Waals surface area (Å²) in [6, 6.07) is 15.7. The fourth-order valence-corrected chi connectivity index (χ4v) is 2.57. The van der Waals surface area contributed by atoms with Crippen molar-refractivity contribution in [1.29, 1.82) is 0 Å². The van der Waals surface area contributed by atoms with Gasteiger partial charge in [0, 0.05) is 5.56 Å². The average Bonchev–Trinajstić information content (AvgIpc) is 2.76. The molecule has 23 heavy (non-hydrogen) atoms. The second-order valence-electron chi connectivity index (χ2n) is 6.95. The summed E-state index contributed by atoms with van der Waals surface area (Å²) in [4.78, 5) is 10.7. The largest absolute Gasteiger partial charge is 0.494 e. The van der Waals surface area contributed by atoms with Crippen molar-refractivity contribution in [2.45, 2.75) is 38.9 Å². The van der Waals surface area contributed by atoms with Crippen molar-refractivity contribution in [2.24, 2.45) is 0 Å². The van der Waals surface area contributed by atoms with Gasteiger partial charge in [0.2, 0.25) is 0 Å². The molecule has 1 saturated heterocycles. The highest BCUT2D eigenvalue weighted by Gasteiger charge is 2.51. The van der Waals surface area contributed by atoms with Gasteiger partial charge in [-0.3, -0.25) is 4.79 Å². The van der Waals surface area contributed by atoms with E-state index in [1.807, 2.05) is 36.4 Å². The van der Waals surface area contributed by atoms with Gasteiger partial charge in [-0.25, -0.2) is 0 Å². The maximum absolute atomic E-state index is 10.7. The lowest BCUT2D eigenvalue weighted by Crippen LogP contribution is -2.41. The molecule has 1 fully saturated rings. The Kier molecular flexibility index (Phi) is 3.90. The predicted molar refractivity (Wildman–Crippen MR) is 93.0 cm³/mol. The van der Waals surface area contributed by atoms with E-state index in [4.69, 9.17) is 9.31 Å². The van der Waals surface area contributed by atoms with Gasteiger partial charge >= 0.3 is 7.12 Å². The molecule has 1 heterocycles. The van der Waals surface area contributed by atoms with Crippen molar-refractivity contribution in [3.8, 4) is 11.1 Å². The van der Waals surface area contributed by atoms with Gasteiger partial charge in [-0.1, -0.05) is 48.5 Å². The zero-order valence-electron chi connectivity index (χ0n) is 14.0. The third-order valence-electron chi connectivity index (χ3n) is 4.82. The van der Waals surface area contributed by atoms with Gasteiger partial charge in [0.05, 0.1) is 11.2 Å². The molecule has 4 heteroatoms. The lowest BCUT2D eigenvalue weighted by molar-refractivity contribution is 0.00578. The van der Waals surface area contributed by atoms with Crippen LogP contribution in [0.2, 0.25) is 0 Å². The van der Waals surface area contributed by atoms with E-state index >= 15 is 0 Å². The van der Waals surface area contributed by atoms with E-state index in [9.17, 15) is 4.79 Å². The maximum atomic E-state index is 10.7. The summed E-state index contributed by atoms with van der Waals surface area (Å²) < 4.78 is 12.1. The van der Waals surface area contributed by atoms with E-state index < -0.39 is 0 Å². The van der Waals surface area contributed by atoms with E-state index in [-0.39, 0.29) is 18.3 Å². The molecule has 0 atom stereocenters. The quantitative estimate of drug-likeness (QED) is 0.643. The molecule has 0 amide bonds. The Hall–Kier alpha value is -1.91. The van der Waals surface area contributed by atoms with Crippen molar-refractivity contribution >= 4 is 18.9 Å². The Morgan fingerprint density at radius 1 is 0.783 bits per heavy atom. The lowest BCUT2D eigenvalue weighted by atomic mass is 9.78. The molecular weight excluding hydrogens is 287 g/mol. The van der Waals surface area contributed by atoms with Crippen LogP contribution in [0, 0.1) is 0 Å². The zero-order valence-corrected chi connectivity index (χ0v) is 14.0. The van der Waals surface area contributed by atoms with E-state index in [0.29, 0.717) is 5.56 Å². The monoisotopic (exact) mass is 308 g/mol. The third kappa shape index (κ3) is 2.97. The molecule has 1 aliphatic heterocycles. The van der Waals surface area contributed by atoms with Crippen molar-refractivity contribution in [3.05, 3.63) is 54.1 Å². The van der Waals surface area contributed by atoms with Gasteiger partial charge in [-0.05, 0) is 44.3 Å². The van der Waals surface area contributed by atoms with Gasteiger partial charge in [0.25, 0.3) is 0 Å². The highest BCUT2D eigenvalue weighted by molar-refractivity contribution is 6.62. The Bertz CT molecular complexity index is 686. The molecule has 118 valence electrons. The van der Waals surface area contributed by atoms with Crippen LogP contribution in [-0.4, -0.2) is 24.6 Å². The summed E-state index contributed by atoms with van der Waals surface area (Å²) in [5, 5.41) is 0. The topological polar surface area (TPSA) is 35.5 Å². The van der Waals surface area contributed by atoms with Gasteiger partial charge in [0.15, 0.2) is 0 Å². The minimum atomic E-state index is -0.341. The maximum Gasteiger partial charge on any atom is 0.494 e. The lowest BCUT2D eigenvalue weighted by Gasteiger charge is -2.32. The van der Waals surface area contributed by atoms with Crippen LogP contribution >= 0.6 is 0 Å². The van der Waals surface area contributed by atoms with Crippen LogP contribution in [0.3, 0.4) is 0 Å². The molecule has 2 aromatic carbocycles. The third-order valence-corrected chi connectivity index (χ3v) is 4.82. The SMILES string of the molecule is CC1(C)OB(c2ccc(-c3ccc(C=O)cc3)cc2)OC1(C)C. The molecular formula is C19H21BO3. The van der Waals surface area contributed by atoms with Gasteiger partial charge in [-0.2, -0.15) is 0 Å². The Labute approximate surface area is 137 Å². The average molecular weight is 308 g/mol. The van der Waals surface area contributed by atoms with Gasteiger partial charge in [0.1, 0.15) is 6.29 Å². The molecule has 0 aliphatic carbocycles. The van der Waals surface area contributed by atoms with Gasteiger partial charge < -0.3 is 9.31 Å². The van der Waals surface area contributed by atoms with Crippen LogP contribution in [0.25, 0.3) is 11.1 Å². The summed E-state index contributed by atoms with van der Waals surface area (Å²) >= 11 is 0. The fourth-order valence-electron chi connectivity index (χ4n) is 2.57. The van der Waals surface area contributed by atoms with Crippen LogP contribution in [0.5, 0.6) is 0 Å². The van der Waals surface area contributed by atoms with Crippen LogP contribution in [-0.2, 0) is 9.31 Å². The summed E-state index contributed by atoms with van der Waals surface area (Å²) in [5.41, 5.74) is 3.21. The number of hydrogen-bond acceptors (Lipinski definition) is 3. The highest BCUT2D eigenvalue weighted by Crippen LogP contribution is 2.36. The number of carbonyl (C=O) groups excluding carboxylic acids is 1. The van der Waals surface area contributed by atoms with Crippen LogP contribution < -0.4 is 5.46 Å².